The van der Waals surface area contributed by atoms with Gasteiger partial charge in [-0.3, -0.25) is 5.32 Å². The Hall–Kier alpha value is -1.60. The first-order valence-electron chi connectivity index (χ1n) is 5.67. The largest absolute Gasteiger partial charge is 0.478 e. The summed E-state index contributed by atoms with van der Waals surface area (Å²) >= 11 is 1.12. The van der Waals surface area contributed by atoms with E-state index in [2.05, 4.69) is 10.6 Å². The van der Waals surface area contributed by atoms with E-state index >= 15 is 0 Å². The van der Waals surface area contributed by atoms with Crippen molar-refractivity contribution in [2.45, 2.75) is 38.8 Å². The molecule has 0 saturated heterocycles. The Balaban J connectivity index is 2.76. The predicted molar refractivity (Wildman–Crippen MR) is 73.8 cm³/mol. The normalized spacial score (nSPS) is 12.1. The Morgan fingerprint density at radius 2 is 1.84 bits per heavy atom. The Morgan fingerprint density at radius 1 is 1.26 bits per heavy atom. The standard InChI is InChI=1S/C12H18N2O4S/c1-11(2,12(3,4)18)14-10(17)13-8-7(9(15)16)5-6-19-8/h5-6,18H,1-4H3,(H,15,16)(H2,13,14,17). The van der Waals surface area contributed by atoms with Crippen LogP contribution in [0.2, 0.25) is 0 Å². The molecule has 1 aromatic heterocycles. The molecule has 106 valence electrons. The second-order valence-electron chi connectivity index (χ2n) is 5.23. The van der Waals surface area contributed by atoms with Crippen molar-refractivity contribution < 1.29 is 19.8 Å². The van der Waals surface area contributed by atoms with Gasteiger partial charge in [-0.15, -0.1) is 11.3 Å². The third-order valence-electron chi connectivity index (χ3n) is 3.08. The van der Waals surface area contributed by atoms with Crippen LogP contribution in [0.4, 0.5) is 9.80 Å². The number of urea groups is 1. The molecule has 0 bridgehead atoms. The predicted octanol–water partition coefficient (Wildman–Crippen LogP) is 2.12. The molecule has 1 aromatic rings. The van der Waals surface area contributed by atoms with Crippen LogP contribution in [0.3, 0.4) is 0 Å². The number of thiophene rings is 1. The van der Waals surface area contributed by atoms with Crippen LogP contribution in [0.5, 0.6) is 0 Å². The van der Waals surface area contributed by atoms with Gasteiger partial charge in [0.05, 0.1) is 16.7 Å². The van der Waals surface area contributed by atoms with Crippen molar-refractivity contribution in [1.82, 2.24) is 5.32 Å². The number of carboxylic acids is 1. The summed E-state index contributed by atoms with van der Waals surface area (Å²) in [5, 5.41) is 25.8. The van der Waals surface area contributed by atoms with Crippen LogP contribution in [-0.4, -0.2) is 33.4 Å². The van der Waals surface area contributed by atoms with Gasteiger partial charge in [0, 0.05) is 0 Å². The summed E-state index contributed by atoms with van der Waals surface area (Å²) < 4.78 is 0. The van der Waals surface area contributed by atoms with E-state index in [9.17, 15) is 14.7 Å². The molecule has 0 spiro atoms. The molecule has 2 amide bonds. The quantitative estimate of drug-likeness (QED) is 0.681. The maximum Gasteiger partial charge on any atom is 0.338 e. The lowest BCUT2D eigenvalue weighted by Gasteiger charge is -2.37. The molecule has 0 aromatic carbocycles. The fraction of sp³-hybridized carbons (Fsp3) is 0.500. The maximum absolute atomic E-state index is 11.8. The van der Waals surface area contributed by atoms with Crippen molar-refractivity contribution in [2.75, 3.05) is 5.32 Å². The van der Waals surface area contributed by atoms with Gasteiger partial charge in [0.25, 0.3) is 0 Å². The molecule has 0 aliphatic carbocycles. The molecule has 6 nitrogen and oxygen atoms in total. The highest BCUT2D eigenvalue weighted by molar-refractivity contribution is 7.14. The van der Waals surface area contributed by atoms with Crippen LogP contribution in [-0.2, 0) is 0 Å². The van der Waals surface area contributed by atoms with Crippen LogP contribution < -0.4 is 10.6 Å². The first-order valence-corrected chi connectivity index (χ1v) is 6.55. The average Bonchev–Trinajstić information content (AvgIpc) is 2.62. The van der Waals surface area contributed by atoms with E-state index in [1.54, 1.807) is 33.1 Å². The SMILES string of the molecule is CC(C)(O)C(C)(C)NC(=O)Nc1sccc1C(=O)O. The molecule has 0 aliphatic heterocycles. The summed E-state index contributed by atoms with van der Waals surface area (Å²) in [5.41, 5.74) is -1.94. The molecule has 0 fully saturated rings. The van der Waals surface area contributed by atoms with Crippen molar-refractivity contribution in [3.63, 3.8) is 0 Å². The minimum atomic E-state index is -1.12. The van der Waals surface area contributed by atoms with Crippen LogP contribution in [0.15, 0.2) is 11.4 Å². The van der Waals surface area contributed by atoms with E-state index in [0.717, 1.165) is 11.3 Å². The highest BCUT2D eigenvalue weighted by Gasteiger charge is 2.36. The molecule has 0 aliphatic rings. The first kappa shape index (κ1) is 15.5. The van der Waals surface area contributed by atoms with Gasteiger partial charge in [-0.05, 0) is 39.1 Å². The number of hydrogen-bond donors (Lipinski definition) is 4. The summed E-state index contributed by atoms with van der Waals surface area (Å²) in [6.45, 7) is 6.53. The fourth-order valence-electron chi connectivity index (χ4n) is 1.15. The number of aliphatic hydroxyl groups is 1. The molecule has 0 radical (unpaired) electrons. The fourth-order valence-corrected chi connectivity index (χ4v) is 1.92. The molecule has 1 heterocycles. The topological polar surface area (TPSA) is 98.7 Å². The van der Waals surface area contributed by atoms with Crippen molar-refractivity contribution in [1.29, 1.82) is 0 Å². The van der Waals surface area contributed by atoms with E-state index < -0.39 is 23.1 Å². The number of aromatic carboxylic acids is 1. The lowest BCUT2D eigenvalue weighted by molar-refractivity contribution is 0.00184. The molecule has 7 heteroatoms. The van der Waals surface area contributed by atoms with E-state index in [0.29, 0.717) is 0 Å². The lowest BCUT2D eigenvalue weighted by Crippen LogP contribution is -2.58. The van der Waals surface area contributed by atoms with Crippen LogP contribution in [0, 0.1) is 0 Å². The molecule has 19 heavy (non-hydrogen) atoms. The molecule has 0 atom stereocenters. The van der Waals surface area contributed by atoms with Crippen LogP contribution in [0.1, 0.15) is 38.1 Å². The highest BCUT2D eigenvalue weighted by atomic mass is 32.1. The van der Waals surface area contributed by atoms with Gasteiger partial charge in [-0.1, -0.05) is 0 Å². The zero-order valence-corrected chi connectivity index (χ0v) is 12.1. The monoisotopic (exact) mass is 286 g/mol. The second kappa shape index (κ2) is 5.18. The third kappa shape index (κ3) is 3.68. The zero-order valence-electron chi connectivity index (χ0n) is 11.3. The van der Waals surface area contributed by atoms with Gasteiger partial charge < -0.3 is 15.5 Å². The summed E-state index contributed by atoms with van der Waals surface area (Å²) in [4.78, 5) is 22.7. The number of rotatable bonds is 4. The van der Waals surface area contributed by atoms with Crippen molar-refractivity contribution in [3.05, 3.63) is 17.0 Å². The molecular formula is C12H18N2O4S. The number of carboxylic acid groups (broad SMARTS) is 1. The average molecular weight is 286 g/mol. The summed E-state index contributed by atoms with van der Waals surface area (Å²) in [6.07, 6.45) is 0. The van der Waals surface area contributed by atoms with Gasteiger partial charge >= 0.3 is 12.0 Å². The Kier molecular flexibility index (Phi) is 4.21. The van der Waals surface area contributed by atoms with Crippen molar-refractivity contribution in [2.24, 2.45) is 0 Å². The van der Waals surface area contributed by atoms with Gasteiger partial charge in [-0.2, -0.15) is 0 Å². The minimum Gasteiger partial charge on any atom is -0.478 e. The Labute approximate surface area is 115 Å². The van der Waals surface area contributed by atoms with Crippen molar-refractivity contribution >= 4 is 28.3 Å². The van der Waals surface area contributed by atoms with E-state index in [4.69, 9.17) is 5.11 Å². The minimum absolute atomic E-state index is 0.0428. The van der Waals surface area contributed by atoms with E-state index in [-0.39, 0.29) is 10.6 Å². The van der Waals surface area contributed by atoms with Crippen LogP contribution in [0.25, 0.3) is 0 Å². The molecule has 0 unspecified atom stereocenters. The summed E-state index contributed by atoms with van der Waals surface area (Å²) in [7, 11) is 0. The molecule has 0 saturated carbocycles. The smallest absolute Gasteiger partial charge is 0.338 e. The number of carbonyl (C=O) groups excluding carboxylic acids is 1. The maximum atomic E-state index is 11.8. The van der Waals surface area contributed by atoms with E-state index in [1.807, 2.05) is 0 Å². The van der Waals surface area contributed by atoms with Gasteiger partial charge in [0.15, 0.2) is 0 Å². The van der Waals surface area contributed by atoms with Gasteiger partial charge in [0.1, 0.15) is 5.00 Å². The molecule has 1 rings (SSSR count). The summed E-state index contributed by atoms with van der Waals surface area (Å²) in [5.74, 6) is -1.10. The lowest BCUT2D eigenvalue weighted by atomic mass is 9.86. The number of carbonyl (C=O) groups is 2. The summed E-state index contributed by atoms with van der Waals surface area (Å²) in [6, 6.07) is 0.862. The highest BCUT2D eigenvalue weighted by Crippen LogP contribution is 2.24. The number of hydrogen-bond acceptors (Lipinski definition) is 4. The number of nitrogens with one attached hydrogen (secondary N) is 2. The van der Waals surface area contributed by atoms with Gasteiger partial charge in [0.2, 0.25) is 0 Å². The Morgan fingerprint density at radius 3 is 2.32 bits per heavy atom. The second-order valence-corrected chi connectivity index (χ2v) is 6.15. The molecular weight excluding hydrogens is 268 g/mol. The van der Waals surface area contributed by atoms with E-state index in [1.165, 1.54) is 6.07 Å². The third-order valence-corrected chi connectivity index (χ3v) is 3.91. The zero-order chi connectivity index (χ0) is 14.8. The first-order chi connectivity index (χ1) is 8.54. The number of anilines is 1. The van der Waals surface area contributed by atoms with Crippen molar-refractivity contribution in [3.8, 4) is 0 Å². The molecule has 4 N–H and O–H groups in total. The van der Waals surface area contributed by atoms with Crippen LogP contribution >= 0.6 is 11.3 Å². The number of amides is 2. The Bertz CT molecular complexity index is 488. The van der Waals surface area contributed by atoms with Gasteiger partial charge in [-0.25, -0.2) is 9.59 Å².